The van der Waals surface area contributed by atoms with Gasteiger partial charge in [0.1, 0.15) is 36.6 Å². The average molecular weight is 541 g/mol. The fraction of sp³-hybridized carbons (Fsp3) is 0.613. The second-order valence-electron chi connectivity index (χ2n) is 13.0. The average Bonchev–Trinajstić information content (AvgIpc) is 3.33. The van der Waals surface area contributed by atoms with Crippen molar-refractivity contribution < 1.29 is 28.1 Å². The van der Waals surface area contributed by atoms with Crippen LogP contribution in [0.2, 0.25) is 5.04 Å². The van der Waals surface area contributed by atoms with Gasteiger partial charge in [-0.15, -0.1) is 0 Å². The van der Waals surface area contributed by atoms with Crippen LogP contribution >= 0.6 is 0 Å². The normalized spacial score (nSPS) is 32.3. The van der Waals surface area contributed by atoms with E-state index in [1.54, 1.807) is 0 Å². The third-order valence-corrected chi connectivity index (χ3v) is 12.8. The van der Waals surface area contributed by atoms with E-state index in [1.165, 1.54) is 10.4 Å². The van der Waals surface area contributed by atoms with Gasteiger partial charge in [-0.1, -0.05) is 81.4 Å². The van der Waals surface area contributed by atoms with Gasteiger partial charge in [-0.25, -0.2) is 0 Å². The molecule has 38 heavy (non-hydrogen) atoms. The Kier molecular flexibility index (Phi) is 7.21. The van der Waals surface area contributed by atoms with Crippen LogP contribution in [-0.4, -0.2) is 62.6 Å². The summed E-state index contributed by atoms with van der Waals surface area (Å²) in [5, 5.41) is 2.23. The maximum Gasteiger partial charge on any atom is 0.261 e. The first-order valence-electron chi connectivity index (χ1n) is 13.9. The lowest BCUT2D eigenvalue weighted by atomic mass is 9.85. The summed E-state index contributed by atoms with van der Waals surface area (Å²) < 4.78 is 40.5. The van der Waals surface area contributed by atoms with Crippen molar-refractivity contribution in [1.29, 1.82) is 0 Å². The molecule has 3 fully saturated rings. The van der Waals surface area contributed by atoms with Gasteiger partial charge in [0, 0.05) is 0 Å². The molecule has 0 radical (unpaired) electrons. The molecular formula is C31H44O6Si. The zero-order valence-electron chi connectivity index (χ0n) is 24.3. The van der Waals surface area contributed by atoms with Gasteiger partial charge >= 0.3 is 0 Å². The van der Waals surface area contributed by atoms with Crippen LogP contribution in [0.25, 0.3) is 0 Å². The Hall–Kier alpha value is -1.58. The molecule has 2 aromatic carbocycles. The Labute approximate surface area is 229 Å². The van der Waals surface area contributed by atoms with Crippen molar-refractivity contribution in [3.05, 3.63) is 60.7 Å². The predicted molar refractivity (Wildman–Crippen MR) is 150 cm³/mol. The topological polar surface area (TPSA) is 55.4 Å². The minimum atomic E-state index is -2.92. The number of fused-ring (bicyclic) bond motifs is 2. The fourth-order valence-electron chi connectivity index (χ4n) is 6.52. The van der Waals surface area contributed by atoms with Crippen LogP contribution in [0, 0.1) is 0 Å². The Bertz CT molecular complexity index is 1020. The quantitative estimate of drug-likeness (QED) is 0.492. The summed E-state index contributed by atoms with van der Waals surface area (Å²) in [7, 11) is -2.92. The van der Waals surface area contributed by atoms with E-state index in [0.717, 1.165) is 0 Å². The Morgan fingerprint density at radius 2 is 1.03 bits per heavy atom. The summed E-state index contributed by atoms with van der Waals surface area (Å²) in [5.74, 6) is -1.57. The lowest BCUT2D eigenvalue weighted by molar-refractivity contribution is -0.195. The van der Waals surface area contributed by atoms with Crippen molar-refractivity contribution >= 4 is 18.7 Å². The zero-order valence-corrected chi connectivity index (χ0v) is 25.3. The summed E-state index contributed by atoms with van der Waals surface area (Å²) in [6.07, 6.45) is -2.23. The molecule has 2 unspecified atom stereocenters. The van der Waals surface area contributed by atoms with Crippen molar-refractivity contribution in [1.82, 2.24) is 0 Å². The van der Waals surface area contributed by atoms with E-state index in [9.17, 15) is 0 Å². The lowest BCUT2D eigenvalue weighted by Crippen LogP contribution is -2.72. The van der Waals surface area contributed by atoms with Crippen molar-refractivity contribution in [3.8, 4) is 0 Å². The summed E-state index contributed by atoms with van der Waals surface area (Å²) in [5.41, 5.74) is 0. The summed E-state index contributed by atoms with van der Waals surface area (Å²) in [6.45, 7) is 18.8. The molecule has 208 valence electrons. The van der Waals surface area contributed by atoms with Crippen molar-refractivity contribution in [3.63, 3.8) is 0 Å². The van der Waals surface area contributed by atoms with Crippen molar-refractivity contribution in [2.24, 2.45) is 0 Å². The molecule has 2 aliphatic heterocycles. The summed E-state index contributed by atoms with van der Waals surface area (Å²) in [6, 6.07) is 21.4. The van der Waals surface area contributed by atoms with E-state index in [1.807, 2.05) is 41.5 Å². The van der Waals surface area contributed by atoms with E-state index in [4.69, 9.17) is 28.1 Å². The molecule has 2 heterocycles. The van der Waals surface area contributed by atoms with Crippen LogP contribution in [0.3, 0.4) is 0 Å². The molecule has 5 rings (SSSR count). The first kappa shape index (κ1) is 28.0. The van der Waals surface area contributed by atoms with Gasteiger partial charge in [0.05, 0.1) is 6.10 Å². The largest absolute Gasteiger partial charge is 0.399 e. The molecule has 1 saturated carbocycles. The van der Waals surface area contributed by atoms with E-state index in [2.05, 4.69) is 81.4 Å². The fourth-order valence-corrected chi connectivity index (χ4v) is 11.2. The highest BCUT2D eigenvalue weighted by molar-refractivity contribution is 6.99. The molecule has 1 aliphatic carbocycles. The number of benzene rings is 2. The maximum atomic E-state index is 7.66. The van der Waals surface area contributed by atoms with Gasteiger partial charge in [-0.3, -0.25) is 0 Å². The Balaban J connectivity index is 1.68. The zero-order chi connectivity index (χ0) is 27.5. The lowest BCUT2D eigenvalue weighted by Gasteiger charge is -2.50. The minimum Gasteiger partial charge on any atom is -0.399 e. The smallest absolute Gasteiger partial charge is 0.261 e. The van der Waals surface area contributed by atoms with Crippen LogP contribution in [0.15, 0.2) is 60.7 Å². The molecule has 0 aromatic heterocycles. The van der Waals surface area contributed by atoms with Gasteiger partial charge < -0.3 is 28.1 Å². The second-order valence-corrected chi connectivity index (χ2v) is 17.3. The van der Waals surface area contributed by atoms with Gasteiger partial charge in [-0.2, -0.15) is 0 Å². The molecule has 6 nitrogen and oxygen atoms in total. The number of ether oxygens (including phenoxy) is 5. The van der Waals surface area contributed by atoms with E-state index in [-0.39, 0.29) is 41.7 Å². The molecule has 0 spiro atoms. The summed E-state index contributed by atoms with van der Waals surface area (Å²) in [4.78, 5) is 0. The highest BCUT2D eigenvalue weighted by Crippen LogP contribution is 2.49. The monoisotopic (exact) mass is 540 g/mol. The van der Waals surface area contributed by atoms with Crippen LogP contribution < -0.4 is 10.4 Å². The first-order chi connectivity index (χ1) is 17.7. The first-order valence-corrected chi connectivity index (χ1v) is 15.8. The molecule has 6 atom stereocenters. The van der Waals surface area contributed by atoms with Crippen LogP contribution in [0.5, 0.6) is 0 Å². The molecule has 0 amide bonds. The molecule has 2 aromatic rings. The Morgan fingerprint density at radius 1 is 0.658 bits per heavy atom. The molecule has 2 saturated heterocycles. The van der Waals surface area contributed by atoms with E-state index >= 15 is 0 Å². The minimum absolute atomic E-state index is 0.00456. The SMILES string of the molecule is CC(C)OC1[C@H]2OC(C)(C)O[C@H]2C(O[Si](c2ccccc2)(c2ccccc2)C(C)(C)C)[C@@H]2OC(C)(C)O[C@@H]12. The Morgan fingerprint density at radius 3 is 1.37 bits per heavy atom. The highest BCUT2D eigenvalue weighted by atomic mass is 28.4. The number of hydrogen-bond donors (Lipinski definition) is 0. The predicted octanol–water partition coefficient (Wildman–Crippen LogP) is 4.78. The third kappa shape index (κ3) is 4.92. The number of rotatable bonds is 6. The molecule has 3 aliphatic rings. The second kappa shape index (κ2) is 9.80. The van der Waals surface area contributed by atoms with E-state index < -0.39 is 26.0 Å². The standard InChI is InChI=1S/C31H44O6Si/c1-20(2)32-23-24-26(35-30(6,7)33-24)28(27-25(23)34-31(8,9)36-27)37-38(29(3,4)5,21-16-12-10-13-17-21)22-18-14-11-15-19-22/h10-20,23-28H,1-9H3/t23?,24-,25+,26-,27-,28?/m1/s1. The number of hydrogen-bond acceptors (Lipinski definition) is 6. The van der Waals surface area contributed by atoms with Crippen LogP contribution in [-0.2, 0) is 28.1 Å². The van der Waals surface area contributed by atoms with Crippen LogP contribution in [0.4, 0.5) is 0 Å². The maximum absolute atomic E-state index is 7.66. The molecule has 0 N–H and O–H groups in total. The van der Waals surface area contributed by atoms with Crippen molar-refractivity contribution in [2.75, 3.05) is 0 Å². The van der Waals surface area contributed by atoms with Gasteiger partial charge in [0.25, 0.3) is 8.32 Å². The highest BCUT2D eigenvalue weighted by Gasteiger charge is 2.66. The van der Waals surface area contributed by atoms with Gasteiger partial charge in [0.2, 0.25) is 0 Å². The molecular weight excluding hydrogens is 496 g/mol. The van der Waals surface area contributed by atoms with Gasteiger partial charge in [0.15, 0.2) is 11.6 Å². The molecule has 0 bridgehead atoms. The summed E-state index contributed by atoms with van der Waals surface area (Å²) >= 11 is 0. The van der Waals surface area contributed by atoms with Crippen molar-refractivity contribution in [2.45, 2.75) is 122 Å². The molecule has 7 heteroatoms. The van der Waals surface area contributed by atoms with E-state index in [0.29, 0.717) is 0 Å². The van der Waals surface area contributed by atoms with Crippen LogP contribution in [0.1, 0.15) is 62.3 Å². The van der Waals surface area contributed by atoms with Gasteiger partial charge in [-0.05, 0) is 57.0 Å². The third-order valence-electron chi connectivity index (χ3n) is 7.78.